The predicted octanol–water partition coefficient (Wildman–Crippen LogP) is 5.42. The molecule has 0 radical (unpaired) electrons. The zero-order valence-corrected chi connectivity index (χ0v) is 19.3. The van der Waals surface area contributed by atoms with E-state index in [-0.39, 0.29) is 30.3 Å². The molecule has 0 atom stereocenters. The molecule has 0 aliphatic heterocycles. The molecule has 0 heterocycles. The number of benzene rings is 1. The number of amides is 1. The topological polar surface area (TPSA) is 77.0 Å². The van der Waals surface area contributed by atoms with Crippen LogP contribution < -0.4 is 5.32 Å². The number of anilines is 1. The molecule has 1 aromatic carbocycles. The highest BCUT2D eigenvalue weighted by Gasteiger charge is 2.29. The number of nitrogens with one attached hydrogen (secondary N) is 1. The van der Waals surface area contributed by atoms with Crippen molar-refractivity contribution < 1.29 is 19.2 Å². The Hall–Kier alpha value is -2.37. The fraction of sp³-hybridized carbons (Fsp3) is 0.609. The van der Waals surface area contributed by atoms with Gasteiger partial charge in [0.25, 0.3) is 5.91 Å². The van der Waals surface area contributed by atoms with Crippen LogP contribution in [0.15, 0.2) is 23.4 Å². The van der Waals surface area contributed by atoms with Gasteiger partial charge in [-0.2, -0.15) is 0 Å². The van der Waals surface area contributed by atoms with E-state index in [2.05, 4.69) is 10.5 Å². The highest BCUT2D eigenvalue weighted by atomic mass is 16.6. The minimum Gasteiger partial charge on any atom is -0.466 e. The van der Waals surface area contributed by atoms with Crippen molar-refractivity contribution in [2.45, 2.75) is 74.7 Å². The minimum absolute atomic E-state index is 0.0602. The molecular weight excluding hydrogens is 368 g/mol. The predicted molar refractivity (Wildman–Crippen MR) is 119 cm³/mol. The Labute approximate surface area is 176 Å². The molecule has 6 nitrogen and oxygen atoms in total. The van der Waals surface area contributed by atoms with Gasteiger partial charge >= 0.3 is 5.97 Å². The van der Waals surface area contributed by atoms with E-state index >= 15 is 0 Å². The molecule has 0 aliphatic rings. The molecule has 0 unspecified atom stereocenters. The van der Waals surface area contributed by atoms with Gasteiger partial charge in [0.05, 0.1) is 18.7 Å². The molecule has 0 bridgehead atoms. The summed E-state index contributed by atoms with van der Waals surface area (Å²) in [5.74, 6) is -0.637. The summed E-state index contributed by atoms with van der Waals surface area (Å²) in [4.78, 5) is 29.3. The minimum atomic E-state index is -0.340. The first-order valence-corrected chi connectivity index (χ1v) is 10.5. The fourth-order valence-electron chi connectivity index (χ4n) is 2.78. The molecule has 0 aliphatic carbocycles. The van der Waals surface area contributed by atoms with Gasteiger partial charge in [-0.1, -0.05) is 45.8 Å². The molecule has 0 aromatic heterocycles. The average molecular weight is 407 g/mol. The van der Waals surface area contributed by atoms with Crippen molar-refractivity contribution in [1.29, 1.82) is 0 Å². The Bertz CT molecular complexity index is 659. The molecule has 6 heteroatoms. The molecule has 0 spiro atoms. The number of aryl methyl sites for hydroxylation is 2. The van der Waals surface area contributed by atoms with Crippen LogP contribution in [-0.2, 0) is 19.2 Å². The van der Waals surface area contributed by atoms with E-state index in [9.17, 15) is 9.59 Å². The highest BCUT2D eigenvalue weighted by Crippen LogP contribution is 2.29. The van der Waals surface area contributed by atoms with Crippen LogP contribution in [-0.4, -0.2) is 30.8 Å². The van der Waals surface area contributed by atoms with Gasteiger partial charge in [-0.3, -0.25) is 9.59 Å². The van der Waals surface area contributed by atoms with Crippen LogP contribution >= 0.6 is 0 Å². The summed E-state index contributed by atoms with van der Waals surface area (Å²) in [5, 5.41) is 6.93. The zero-order valence-electron chi connectivity index (χ0n) is 19.3. The van der Waals surface area contributed by atoms with Gasteiger partial charge in [-0.05, 0) is 56.9 Å². The van der Waals surface area contributed by atoms with Crippen molar-refractivity contribution in [2.75, 3.05) is 18.5 Å². The fourth-order valence-corrected chi connectivity index (χ4v) is 2.78. The van der Waals surface area contributed by atoms with Crippen molar-refractivity contribution in [3.8, 4) is 0 Å². The van der Waals surface area contributed by atoms with Crippen molar-refractivity contribution in [3.63, 3.8) is 0 Å². The second-order valence-corrected chi connectivity index (χ2v) is 6.99. The van der Waals surface area contributed by atoms with Crippen LogP contribution in [0.5, 0.6) is 0 Å². The second-order valence-electron chi connectivity index (χ2n) is 6.99. The Morgan fingerprint density at radius 3 is 2.07 bits per heavy atom. The van der Waals surface area contributed by atoms with E-state index in [0.717, 1.165) is 29.7 Å². The largest absolute Gasteiger partial charge is 0.466 e. The van der Waals surface area contributed by atoms with E-state index in [1.54, 1.807) is 6.92 Å². The molecule has 1 rings (SSSR count). The molecule has 1 N–H and O–H groups in total. The Morgan fingerprint density at radius 1 is 1.03 bits per heavy atom. The summed E-state index contributed by atoms with van der Waals surface area (Å²) >= 11 is 0. The number of oxime groups is 1. The number of nitrogens with zero attached hydrogens (tertiary/aromatic N) is 1. The van der Waals surface area contributed by atoms with Gasteiger partial charge in [0.1, 0.15) is 0 Å². The summed E-state index contributed by atoms with van der Waals surface area (Å²) in [7, 11) is 0. The first-order chi connectivity index (χ1) is 13.7. The SMILES string of the molecule is CC.CCOC(=O)C/C(=N\OCC(=O)Nc1cc(C)cc(C)c1)C(C)(CC)CC. The molecular formula is C23H38N2O4. The number of ether oxygens (including phenoxy) is 1. The standard InChI is InChI=1S/C21H32N2O4.C2H6/c1-7-21(6,8-2)18(13-20(25)26-9-3)23-27-14-19(24)22-17-11-15(4)10-16(5)12-17;1-2/h10-12H,7-9,13-14H2,1-6H3,(H,22,24);1-2H3/b23-18+;. The van der Waals surface area contributed by atoms with E-state index < -0.39 is 0 Å². The smallest absolute Gasteiger partial charge is 0.311 e. The average Bonchev–Trinajstić information content (AvgIpc) is 2.67. The number of carbonyl (C=O) groups excluding carboxylic acids is 2. The number of carbonyl (C=O) groups is 2. The molecule has 1 amide bonds. The summed E-state index contributed by atoms with van der Waals surface area (Å²) < 4.78 is 5.03. The lowest BCUT2D eigenvalue weighted by Crippen LogP contribution is -2.30. The first kappa shape index (κ1) is 26.6. The maximum Gasteiger partial charge on any atom is 0.311 e. The molecule has 0 saturated heterocycles. The van der Waals surface area contributed by atoms with Crippen LogP contribution in [0.3, 0.4) is 0 Å². The van der Waals surface area contributed by atoms with E-state index in [4.69, 9.17) is 9.57 Å². The summed E-state index contributed by atoms with van der Waals surface area (Å²) in [5.41, 5.74) is 3.19. The summed E-state index contributed by atoms with van der Waals surface area (Å²) in [6.07, 6.45) is 1.67. The van der Waals surface area contributed by atoms with Crippen molar-refractivity contribution in [3.05, 3.63) is 29.3 Å². The maximum absolute atomic E-state index is 12.1. The Balaban J connectivity index is 0.00000379. The lowest BCUT2D eigenvalue weighted by Gasteiger charge is -2.27. The van der Waals surface area contributed by atoms with Crippen LogP contribution in [0.2, 0.25) is 0 Å². The third-order valence-electron chi connectivity index (χ3n) is 4.75. The molecule has 29 heavy (non-hydrogen) atoms. The van der Waals surface area contributed by atoms with Gasteiger partial charge in [-0.25, -0.2) is 0 Å². The summed E-state index contributed by atoms with van der Waals surface area (Å²) in [6.45, 7) is 15.9. The molecule has 1 aromatic rings. The Morgan fingerprint density at radius 2 is 1.59 bits per heavy atom. The third-order valence-corrected chi connectivity index (χ3v) is 4.75. The second kappa shape index (κ2) is 13.7. The number of rotatable bonds is 10. The maximum atomic E-state index is 12.1. The Kier molecular flexibility index (Phi) is 12.6. The van der Waals surface area contributed by atoms with Gasteiger partial charge in [0, 0.05) is 11.1 Å². The van der Waals surface area contributed by atoms with Crippen LogP contribution in [0.4, 0.5) is 5.69 Å². The lowest BCUT2D eigenvalue weighted by atomic mass is 9.78. The third kappa shape index (κ3) is 9.59. The lowest BCUT2D eigenvalue weighted by molar-refractivity contribution is -0.141. The first-order valence-electron chi connectivity index (χ1n) is 10.5. The van der Waals surface area contributed by atoms with Crippen molar-refractivity contribution in [1.82, 2.24) is 0 Å². The van der Waals surface area contributed by atoms with Crippen LogP contribution in [0.1, 0.15) is 71.9 Å². The quantitative estimate of drug-likeness (QED) is 0.320. The van der Waals surface area contributed by atoms with Crippen molar-refractivity contribution in [2.24, 2.45) is 10.6 Å². The van der Waals surface area contributed by atoms with Gasteiger partial charge in [0.15, 0.2) is 6.61 Å². The zero-order chi connectivity index (χ0) is 22.4. The summed E-state index contributed by atoms with van der Waals surface area (Å²) in [6, 6.07) is 5.83. The van der Waals surface area contributed by atoms with Crippen LogP contribution in [0.25, 0.3) is 0 Å². The van der Waals surface area contributed by atoms with Crippen molar-refractivity contribution >= 4 is 23.3 Å². The van der Waals surface area contributed by atoms with E-state index in [1.165, 1.54) is 0 Å². The molecule has 164 valence electrons. The number of hydrogen-bond donors (Lipinski definition) is 1. The normalized spacial score (nSPS) is 11.2. The van der Waals surface area contributed by atoms with E-state index in [1.807, 2.05) is 66.7 Å². The van der Waals surface area contributed by atoms with Gasteiger partial charge < -0.3 is 14.9 Å². The molecule has 0 saturated carbocycles. The highest BCUT2D eigenvalue weighted by molar-refractivity contribution is 6.02. The van der Waals surface area contributed by atoms with E-state index in [0.29, 0.717) is 12.3 Å². The van der Waals surface area contributed by atoms with Gasteiger partial charge in [0.2, 0.25) is 0 Å². The molecule has 0 fully saturated rings. The number of esters is 1. The van der Waals surface area contributed by atoms with Gasteiger partial charge in [-0.15, -0.1) is 0 Å². The monoisotopic (exact) mass is 406 g/mol. The number of hydrogen-bond acceptors (Lipinski definition) is 5. The van der Waals surface area contributed by atoms with Crippen LogP contribution in [0, 0.1) is 19.3 Å².